The van der Waals surface area contributed by atoms with E-state index in [1.807, 2.05) is 0 Å². The van der Waals surface area contributed by atoms with Gasteiger partial charge in [0.1, 0.15) is 0 Å². The second kappa shape index (κ2) is 9.96. The summed E-state index contributed by atoms with van der Waals surface area (Å²) in [6.45, 7) is 6.53. The van der Waals surface area contributed by atoms with E-state index in [0.29, 0.717) is 6.61 Å². The highest BCUT2D eigenvalue weighted by molar-refractivity contribution is 4.55. The van der Waals surface area contributed by atoms with Crippen LogP contribution in [0.5, 0.6) is 0 Å². The van der Waals surface area contributed by atoms with E-state index in [2.05, 4.69) is 11.8 Å². The van der Waals surface area contributed by atoms with Crippen LogP contribution in [0.1, 0.15) is 26.2 Å². The van der Waals surface area contributed by atoms with Crippen molar-refractivity contribution in [3.8, 4) is 0 Å². The van der Waals surface area contributed by atoms with E-state index < -0.39 is 0 Å². The number of nitrogens with zero attached hydrogens (tertiary/aromatic N) is 1. The van der Waals surface area contributed by atoms with Crippen LogP contribution in [0, 0.1) is 0 Å². The molecule has 3 nitrogen and oxygen atoms in total. The molecule has 0 atom stereocenters. The number of hydrogen-bond acceptors (Lipinski definition) is 3. The summed E-state index contributed by atoms with van der Waals surface area (Å²) in [6, 6.07) is 0. The fourth-order valence-corrected chi connectivity index (χ4v) is 1.30. The summed E-state index contributed by atoms with van der Waals surface area (Å²) in [5, 5.41) is 8.67. The Bertz CT molecular complexity index is 98.9. The van der Waals surface area contributed by atoms with Gasteiger partial charge in [0.2, 0.25) is 0 Å². The minimum atomic E-state index is 0.300. The van der Waals surface area contributed by atoms with E-state index in [9.17, 15) is 0 Å². The van der Waals surface area contributed by atoms with Crippen LogP contribution in [0.15, 0.2) is 0 Å². The zero-order chi connectivity index (χ0) is 9.94. The minimum Gasteiger partial charge on any atom is -0.396 e. The van der Waals surface area contributed by atoms with Gasteiger partial charge in [-0.3, -0.25) is 0 Å². The maximum Gasteiger partial charge on any atom is 0.0462 e. The van der Waals surface area contributed by atoms with Crippen molar-refractivity contribution in [1.29, 1.82) is 0 Å². The van der Waals surface area contributed by atoms with Crippen LogP contribution in [-0.2, 0) is 4.74 Å². The molecule has 0 heterocycles. The predicted molar refractivity (Wildman–Crippen MR) is 54.9 cm³/mol. The molecule has 0 saturated carbocycles. The molecule has 0 radical (unpaired) electrons. The molecule has 0 aromatic heterocycles. The average molecular weight is 189 g/mol. The number of aliphatic hydroxyl groups is 1. The third-order valence-corrected chi connectivity index (χ3v) is 2.15. The zero-order valence-electron chi connectivity index (χ0n) is 8.96. The molecular weight excluding hydrogens is 166 g/mol. The molecule has 13 heavy (non-hydrogen) atoms. The van der Waals surface area contributed by atoms with Crippen molar-refractivity contribution in [1.82, 2.24) is 4.90 Å². The average Bonchev–Trinajstić information content (AvgIpc) is 2.17. The third kappa shape index (κ3) is 8.22. The first kappa shape index (κ1) is 12.9. The molecule has 0 aliphatic heterocycles. The molecule has 1 N–H and O–H groups in total. The first-order chi connectivity index (χ1) is 6.35. The van der Waals surface area contributed by atoms with E-state index in [1.165, 1.54) is 6.42 Å². The summed E-state index contributed by atoms with van der Waals surface area (Å²) in [7, 11) is 1.74. The molecule has 0 aliphatic rings. The van der Waals surface area contributed by atoms with Crippen LogP contribution in [-0.4, -0.2) is 50.0 Å². The summed E-state index contributed by atoms with van der Waals surface area (Å²) in [6.07, 6.45) is 3.21. The lowest BCUT2D eigenvalue weighted by Crippen LogP contribution is -2.26. The largest absolute Gasteiger partial charge is 0.396 e. The summed E-state index contributed by atoms with van der Waals surface area (Å²) >= 11 is 0. The molecule has 0 fully saturated rings. The maximum atomic E-state index is 8.67. The van der Waals surface area contributed by atoms with Gasteiger partial charge in [-0.2, -0.15) is 0 Å². The van der Waals surface area contributed by atoms with Crippen molar-refractivity contribution in [2.24, 2.45) is 0 Å². The van der Waals surface area contributed by atoms with Gasteiger partial charge >= 0.3 is 0 Å². The van der Waals surface area contributed by atoms with Crippen molar-refractivity contribution in [3.05, 3.63) is 0 Å². The normalized spacial score (nSPS) is 11.1. The first-order valence-corrected chi connectivity index (χ1v) is 5.17. The smallest absolute Gasteiger partial charge is 0.0462 e. The third-order valence-electron chi connectivity index (χ3n) is 2.15. The van der Waals surface area contributed by atoms with E-state index in [-0.39, 0.29) is 0 Å². The molecule has 0 aromatic carbocycles. The molecule has 0 aliphatic carbocycles. The summed E-state index contributed by atoms with van der Waals surface area (Å²) in [5.41, 5.74) is 0. The van der Waals surface area contributed by atoms with Crippen LogP contribution >= 0.6 is 0 Å². The fraction of sp³-hybridized carbons (Fsp3) is 1.00. The lowest BCUT2D eigenvalue weighted by Gasteiger charge is -2.19. The molecule has 0 spiro atoms. The monoisotopic (exact) mass is 189 g/mol. The molecule has 3 heteroatoms. The van der Waals surface area contributed by atoms with Crippen LogP contribution < -0.4 is 0 Å². The summed E-state index contributed by atoms with van der Waals surface area (Å²) in [4.78, 5) is 2.37. The molecule has 0 rings (SSSR count). The Morgan fingerprint density at radius 2 is 1.85 bits per heavy atom. The van der Waals surface area contributed by atoms with E-state index in [4.69, 9.17) is 9.84 Å². The zero-order valence-corrected chi connectivity index (χ0v) is 8.96. The van der Waals surface area contributed by atoms with Gasteiger partial charge in [0, 0.05) is 26.9 Å². The van der Waals surface area contributed by atoms with Gasteiger partial charge in [0.25, 0.3) is 0 Å². The van der Waals surface area contributed by atoms with Crippen molar-refractivity contribution in [3.63, 3.8) is 0 Å². The van der Waals surface area contributed by atoms with Gasteiger partial charge in [0.05, 0.1) is 0 Å². The van der Waals surface area contributed by atoms with Crippen molar-refractivity contribution in [2.75, 3.05) is 40.0 Å². The highest BCUT2D eigenvalue weighted by Crippen LogP contribution is 1.96. The Balaban J connectivity index is 3.25. The Morgan fingerprint density at radius 1 is 1.15 bits per heavy atom. The Kier molecular flexibility index (Phi) is 9.87. The Morgan fingerprint density at radius 3 is 2.38 bits per heavy atom. The van der Waals surface area contributed by atoms with Crippen molar-refractivity contribution < 1.29 is 9.84 Å². The minimum absolute atomic E-state index is 0.300. The standard InChI is InChI=1S/C10H23NO2/c1-3-11(8-6-9-12)7-4-5-10-13-2/h12H,3-10H2,1-2H3. The molecule has 0 unspecified atom stereocenters. The van der Waals surface area contributed by atoms with Gasteiger partial charge in [-0.25, -0.2) is 0 Å². The summed E-state index contributed by atoms with van der Waals surface area (Å²) < 4.78 is 4.98. The van der Waals surface area contributed by atoms with Gasteiger partial charge < -0.3 is 14.7 Å². The molecule has 0 bridgehead atoms. The fourth-order valence-electron chi connectivity index (χ4n) is 1.30. The van der Waals surface area contributed by atoms with Crippen LogP contribution in [0.2, 0.25) is 0 Å². The highest BCUT2D eigenvalue weighted by Gasteiger charge is 2.00. The number of ether oxygens (including phenoxy) is 1. The lowest BCUT2D eigenvalue weighted by molar-refractivity contribution is 0.181. The quantitative estimate of drug-likeness (QED) is 0.552. The highest BCUT2D eigenvalue weighted by atomic mass is 16.5. The maximum absolute atomic E-state index is 8.67. The van der Waals surface area contributed by atoms with Gasteiger partial charge in [0.15, 0.2) is 0 Å². The molecule has 80 valence electrons. The Labute approximate surface area is 81.7 Å². The van der Waals surface area contributed by atoms with Crippen molar-refractivity contribution in [2.45, 2.75) is 26.2 Å². The van der Waals surface area contributed by atoms with Gasteiger partial charge in [-0.1, -0.05) is 6.92 Å². The predicted octanol–water partition coefficient (Wildman–Crippen LogP) is 1.12. The number of rotatable bonds is 9. The van der Waals surface area contributed by atoms with Gasteiger partial charge in [-0.05, 0) is 32.4 Å². The number of unbranched alkanes of at least 4 members (excludes halogenated alkanes) is 1. The molecule has 0 aromatic rings. The molecule has 0 amide bonds. The van der Waals surface area contributed by atoms with Crippen molar-refractivity contribution >= 4 is 0 Å². The summed E-state index contributed by atoms with van der Waals surface area (Å²) in [5.74, 6) is 0. The van der Waals surface area contributed by atoms with E-state index in [0.717, 1.165) is 39.1 Å². The van der Waals surface area contributed by atoms with Crippen LogP contribution in [0.3, 0.4) is 0 Å². The SMILES string of the molecule is CCN(CCCO)CCCCOC. The lowest BCUT2D eigenvalue weighted by atomic mass is 10.3. The van der Waals surface area contributed by atoms with Crippen LogP contribution in [0.25, 0.3) is 0 Å². The Hall–Kier alpha value is -0.120. The second-order valence-corrected chi connectivity index (χ2v) is 3.21. The molecular formula is C10H23NO2. The first-order valence-electron chi connectivity index (χ1n) is 5.17. The number of aliphatic hydroxyl groups excluding tert-OH is 1. The topological polar surface area (TPSA) is 32.7 Å². The molecule has 0 saturated heterocycles. The number of hydrogen-bond donors (Lipinski definition) is 1. The second-order valence-electron chi connectivity index (χ2n) is 3.21. The van der Waals surface area contributed by atoms with Crippen LogP contribution in [0.4, 0.5) is 0 Å². The number of methoxy groups -OCH3 is 1. The van der Waals surface area contributed by atoms with E-state index in [1.54, 1.807) is 7.11 Å². The van der Waals surface area contributed by atoms with E-state index >= 15 is 0 Å². The van der Waals surface area contributed by atoms with Gasteiger partial charge in [-0.15, -0.1) is 0 Å².